The van der Waals surface area contributed by atoms with Crippen molar-refractivity contribution in [2.75, 3.05) is 16.3 Å². The number of hydrogen-bond donors (Lipinski definition) is 0. The summed E-state index contributed by atoms with van der Waals surface area (Å²) in [5, 5.41) is 0. The normalized spacial score (nSPS) is 15.9. The van der Waals surface area contributed by atoms with Crippen molar-refractivity contribution in [3.63, 3.8) is 0 Å². The van der Waals surface area contributed by atoms with Crippen LogP contribution in [0.3, 0.4) is 0 Å². The third-order valence-electron chi connectivity index (χ3n) is 5.71. The van der Waals surface area contributed by atoms with Gasteiger partial charge in [0.25, 0.3) is 5.91 Å². The highest BCUT2D eigenvalue weighted by molar-refractivity contribution is 6.13. The molecule has 0 aromatic carbocycles. The number of hydrogen-bond acceptors (Lipinski definition) is 5. The highest BCUT2D eigenvalue weighted by atomic mass is 16.2. The minimum atomic E-state index is -0.0382. The van der Waals surface area contributed by atoms with Gasteiger partial charge in [0.1, 0.15) is 11.6 Å². The minimum Gasteiger partial charge on any atom is -0.305 e. The first-order valence-corrected chi connectivity index (χ1v) is 10.5. The summed E-state index contributed by atoms with van der Waals surface area (Å²) < 4.78 is 0. The molecule has 4 rings (SSSR count). The summed E-state index contributed by atoms with van der Waals surface area (Å²) in [5.41, 5.74) is 2.52. The van der Waals surface area contributed by atoms with Crippen LogP contribution in [0.1, 0.15) is 61.9 Å². The van der Waals surface area contributed by atoms with Crippen LogP contribution >= 0.6 is 0 Å². The van der Waals surface area contributed by atoms with E-state index in [4.69, 9.17) is 0 Å². The Morgan fingerprint density at radius 2 is 1.90 bits per heavy atom. The third kappa shape index (κ3) is 3.76. The topological polar surface area (TPSA) is 66.4 Å². The summed E-state index contributed by atoms with van der Waals surface area (Å²) in [4.78, 5) is 38.7. The molecule has 0 atom stereocenters. The molecule has 0 saturated heterocycles. The van der Waals surface area contributed by atoms with Crippen molar-refractivity contribution in [2.45, 2.75) is 58.9 Å². The van der Waals surface area contributed by atoms with Crippen molar-refractivity contribution in [3.8, 4) is 0 Å². The van der Waals surface area contributed by atoms with Gasteiger partial charge in [0.05, 0.1) is 11.3 Å². The van der Waals surface area contributed by atoms with Crippen molar-refractivity contribution < 1.29 is 9.59 Å². The van der Waals surface area contributed by atoms with Gasteiger partial charge in [-0.15, -0.1) is 0 Å². The van der Waals surface area contributed by atoms with Crippen LogP contribution in [0.2, 0.25) is 0 Å². The Balaban J connectivity index is 1.68. The first kappa shape index (κ1) is 19.6. The van der Waals surface area contributed by atoms with Gasteiger partial charge in [-0.25, -0.2) is 9.97 Å². The van der Waals surface area contributed by atoms with Crippen molar-refractivity contribution in [3.05, 3.63) is 41.7 Å². The van der Waals surface area contributed by atoms with Gasteiger partial charge in [0, 0.05) is 37.3 Å². The van der Waals surface area contributed by atoms with Crippen molar-refractivity contribution in [1.82, 2.24) is 9.97 Å². The van der Waals surface area contributed by atoms with Crippen LogP contribution in [0.25, 0.3) is 0 Å². The molecule has 1 fully saturated rings. The molecule has 0 radical (unpaired) electrons. The SMILES string of the molecule is Cc1ccnc2c1N(CCCCC(=O)C(C)C)C(=O)c1cccnc1N2C1CC1. The molecule has 6 heteroatoms. The first-order valence-electron chi connectivity index (χ1n) is 10.5. The van der Waals surface area contributed by atoms with E-state index in [2.05, 4.69) is 14.9 Å². The van der Waals surface area contributed by atoms with Gasteiger partial charge in [0.15, 0.2) is 5.82 Å². The monoisotopic (exact) mass is 392 g/mol. The molecule has 1 amide bonds. The molecule has 0 unspecified atom stereocenters. The van der Waals surface area contributed by atoms with Crippen LogP contribution in [0.4, 0.5) is 17.3 Å². The highest BCUT2D eigenvalue weighted by Gasteiger charge is 2.40. The number of aryl methyl sites for hydroxylation is 1. The maximum atomic E-state index is 13.5. The summed E-state index contributed by atoms with van der Waals surface area (Å²) in [5.74, 6) is 1.82. The molecule has 1 aliphatic heterocycles. The van der Waals surface area contributed by atoms with Crippen LogP contribution in [-0.2, 0) is 4.79 Å². The van der Waals surface area contributed by atoms with Crippen LogP contribution in [0, 0.1) is 12.8 Å². The molecule has 2 aliphatic rings. The molecule has 2 aromatic rings. The smallest absolute Gasteiger partial charge is 0.262 e. The number of Topliss-reactive ketones (excluding diaryl/α,β-unsaturated/α-hetero) is 1. The zero-order chi connectivity index (χ0) is 20.5. The maximum Gasteiger partial charge on any atom is 0.262 e. The summed E-state index contributed by atoms with van der Waals surface area (Å²) in [6.45, 7) is 6.46. The Morgan fingerprint density at radius 3 is 2.62 bits per heavy atom. The average Bonchev–Trinajstić information content (AvgIpc) is 3.54. The summed E-state index contributed by atoms with van der Waals surface area (Å²) in [6.07, 6.45) is 7.82. The second-order valence-corrected chi connectivity index (χ2v) is 8.31. The zero-order valence-corrected chi connectivity index (χ0v) is 17.4. The first-order chi connectivity index (χ1) is 14.0. The number of ketones is 1. The van der Waals surface area contributed by atoms with Crippen LogP contribution in [-0.4, -0.2) is 34.2 Å². The van der Waals surface area contributed by atoms with E-state index in [0.717, 1.165) is 42.8 Å². The number of amides is 1. The number of anilines is 3. The zero-order valence-electron chi connectivity index (χ0n) is 17.4. The Labute approximate surface area is 172 Å². The lowest BCUT2D eigenvalue weighted by atomic mass is 10.0. The van der Waals surface area contributed by atoms with Gasteiger partial charge in [-0.05, 0) is 56.4 Å². The number of rotatable bonds is 7. The lowest BCUT2D eigenvalue weighted by Gasteiger charge is -2.27. The molecule has 29 heavy (non-hydrogen) atoms. The van der Waals surface area contributed by atoms with Gasteiger partial charge in [0.2, 0.25) is 0 Å². The number of unbranched alkanes of at least 4 members (excludes halogenated alkanes) is 1. The molecule has 3 heterocycles. The van der Waals surface area contributed by atoms with Crippen LogP contribution < -0.4 is 9.80 Å². The Morgan fingerprint density at radius 1 is 1.14 bits per heavy atom. The number of carbonyl (C=O) groups is 2. The second-order valence-electron chi connectivity index (χ2n) is 8.31. The minimum absolute atomic E-state index is 0.0382. The Bertz CT molecular complexity index is 936. The van der Waals surface area contributed by atoms with Crippen LogP contribution in [0.15, 0.2) is 30.6 Å². The summed E-state index contributed by atoms with van der Waals surface area (Å²) >= 11 is 0. The van der Waals surface area contributed by atoms with E-state index in [-0.39, 0.29) is 17.6 Å². The average molecular weight is 393 g/mol. The van der Waals surface area contributed by atoms with E-state index in [9.17, 15) is 9.59 Å². The molecule has 1 saturated carbocycles. The molecule has 2 aromatic heterocycles. The molecular formula is C23H28N4O2. The fraction of sp³-hybridized carbons (Fsp3) is 0.478. The third-order valence-corrected chi connectivity index (χ3v) is 5.71. The number of aromatic nitrogens is 2. The van der Waals surface area contributed by atoms with Crippen molar-refractivity contribution >= 4 is 29.0 Å². The standard InChI is InChI=1S/C23H28N4O2/c1-15(2)19(28)8-4-5-14-26-20-16(3)11-13-25-22(20)27(17-9-10-17)21-18(23(26)29)7-6-12-24-21/h6-7,11-13,15,17H,4-5,8-10,14H2,1-3H3. The van der Waals surface area contributed by atoms with E-state index < -0.39 is 0 Å². The fourth-order valence-electron chi connectivity index (χ4n) is 3.90. The molecule has 152 valence electrons. The maximum absolute atomic E-state index is 13.5. The summed E-state index contributed by atoms with van der Waals surface area (Å²) in [6, 6.07) is 5.97. The number of nitrogens with zero attached hydrogens (tertiary/aromatic N) is 4. The van der Waals surface area contributed by atoms with Gasteiger partial charge >= 0.3 is 0 Å². The van der Waals surface area contributed by atoms with Crippen molar-refractivity contribution in [1.29, 1.82) is 0 Å². The second kappa shape index (κ2) is 7.93. The number of pyridine rings is 2. The summed E-state index contributed by atoms with van der Waals surface area (Å²) in [7, 11) is 0. The van der Waals surface area contributed by atoms with E-state index >= 15 is 0 Å². The molecule has 1 aliphatic carbocycles. The van der Waals surface area contributed by atoms with E-state index in [1.807, 2.05) is 43.9 Å². The predicted molar refractivity (Wildman–Crippen MR) is 114 cm³/mol. The number of fused-ring (bicyclic) bond motifs is 2. The molecule has 0 N–H and O–H groups in total. The Hall–Kier alpha value is -2.76. The Kier molecular flexibility index (Phi) is 5.35. The van der Waals surface area contributed by atoms with Gasteiger partial charge < -0.3 is 9.80 Å². The van der Waals surface area contributed by atoms with Gasteiger partial charge in [-0.3, -0.25) is 9.59 Å². The number of carbonyl (C=O) groups excluding carboxylic acids is 2. The van der Waals surface area contributed by atoms with E-state index in [0.29, 0.717) is 30.4 Å². The van der Waals surface area contributed by atoms with Gasteiger partial charge in [-0.2, -0.15) is 0 Å². The molecule has 0 spiro atoms. The predicted octanol–water partition coefficient (Wildman–Crippen LogP) is 4.44. The molecule has 0 bridgehead atoms. The van der Waals surface area contributed by atoms with E-state index in [1.54, 1.807) is 12.4 Å². The molecular weight excluding hydrogens is 364 g/mol. The fourth-order valence-corrected chi connectivity index (χ4v) is 3.90. The lowest BCUT2D eigenvalue weighted by molar-refractivity contribution is -0.122. The largest absolute Gasteiger partial charge is 0.305 e. The van der Waals surface area contributed by atoms with Crippen molar-refractivity contribution in [2.24, 2.45) is 5.92 Å². The molecule has 6 nitrogen and oxygen atoms in total. The highest BCUT2D eigenvalue weighted by Crippen LogP contribution is 2.45. The van der Waals surface area contributed by atoms with E-state index in [1.165, 1.54) is 0 Å². The quantitative estimate of drug-likeness (QED) is 0.652. The van der Waals surface area contributed by atoms with Gasteiger partial charge in [-0.1, -0.05) is 13.8 Å². The lowest BCUT2D eigenvalue weighted by Crippen LogP contribution is -2.32. The van der Waals surface area contributed by atoms with Crippen LogP contribution in [0.5, 0.6) is 0 Å².